The highest BCUT2D eigenvalue weighted by Crippen LogP contribution is 2.34. The molecular weight excluding hydrogens is 298 g/mol. The standard InChI is InChI=1S/C17H16BrN/c1-10-11(2)13(4)17(16(9-19)12(10)3)14-5-7-15(18)8-6-14/h5-8H,1-4H3. The van der Waals surface area contributed by atoms with Crippen LogP contribution in [0.2, 0.25) is 0 Å². The topological polar surface area (TPSA) is 23.8 Å². The van der Waals surface area contributed by atoms with E-state index < -0.39 is 0 Å². The van der Waals surface area contributed by atoms with Crippen LogP contribution in [0.4, 0.5) is 0 Å². The van der Waals surface area contributed by atoms with Gasteiger partial charge in [0.25, 0.3) is 0 Å². The molecule has 0 aliphatic heterocycles. The summed E-state index contributed by atoms with van der Waals surface area (Å²) in [6.07, 6.45) is 0. The molecule has 0 bridgehead atoms. The molecule has 2 aromatic rings. The van der Waals surface area contributed by atoms with Gasteiger partial charge in [0, 0.05) is 10.0 Å². The van der Waals surface area contributed by atoms with Crippen LogP contribution in [0.25, 0.3) is 11.1 Å². The monoisotopic (exact) mass is 313 g/mol. The molecule has 19 heavy (non-hydrogen) atoms. The molecule has 0 N–H and O–H groups in total. The van der Waals surface area contributed by atoms with E-state index in [0.29, 0.717) is 0 Å². The Hall–Kier alpha value is -1.59. The van der Waals surface area contributed by atoms with Gasteiger partial charge in [0.1, 0.15) is 6.07 Å². The summed E-state index contributed by atoms with van der Waals surface area (Å²) in [5, 5.41) is 9.50. The van der Waals surface area contributed by atoms with E-state index in [2.05, 4.69) is 54.9 Å². The molecule has 96 valence electrons. The van der Waals surface area contributed by atoms with Gasteiger partial charge in [-0.05, 0) is 67.6 Å². The summed E-state index contributed by atoms with van der Waals surface area (Å²) in [6, 6.07) is 10.5. The summed E-state index contributed by atoms with van der Waals surface area (Å²) in [7, 11) is 0. The Balaban J connectivity index is 2.83. The van der Waals surface area contributed by atoms with Gasteiger partial charge < -0.3 is 0 Å². The number of halogens is 1. The van der Waals surface area contributed by atoms with Gasteiger partial charge in [0.05, 0.1) is 5.56 Å². The lowest BCUT2D eigenvalue weighted by Crippen LogP contribution is -2.00. The van der Waals surface area contributed by atoms with Gasteiger partial charge >= 0.3 is 0 Å². The highest BCUT2D eigenvalue weighted by Gasteiger charge is 2.16. The summed E-state index contributed by atoms with van der Waals surface area (Å²) in [6.45, 7) is 8.34. The maximum atomic E-state index is 9.50. The average Bonchev–Trinajstić information content (AvgIpc) is 2.41. The molecule has 0 aliphatic rings. The fourth-order valence-corrected chi connectivity index (χ4v) is 2.69. The van der Waals surface area contributed by atoms with Crippen LogP contribution in [0, 0.1) is 39.0 Å². The van der Waals surface area contributed by atoms with Crippen LogP contribution in [0.5, 0.6) is 0 Å². The summed E-state index contributed by atoms with van der Waals surface area (Å²) >= 11 is 3.45. The average molecular weight is 314 g/mol. The smallest absolute Gasteiger partial charge is 0.100 e. The first kappa shape index (κ1) is 13.8. The van der Waals surface area contributed by atoms with Crippen LogP contribution in [0.3, 0.4) is 0 Å². The van der Waals surface area contributed by atoms with Crippen LogP contribution in [-0.2, 0) is 0 Å². The van der Waals surface area contributed by atoms with Gasteiger partial charge in [0.15, 0.2) is 0 Å². The van der Waals surface area contributed by atoms with Gasteiger partial charge in [-0.1, -0.05) is 28.1 Å². The molecule has 0 heterocycles. The van der Waals surface area contributed by atoms with E-state index in [9.17, 15) is 5.26 Å². The summed E-state index contributed by atoms with van der Waals surface area (Å²) in [5.74, 6) is 0. The van der Waals surface area contributed by atoms with E-state index in [-0.39, 0.29) is 0 Å². The molecule has 2 heteroatoms. The predicted octanol–water partition coefficient (Wildman–Crippen LogP) is 5.22. The molecule has 1 nitrogen and oxygen atoms in total. The van der Waals surface area contributed by atoms with Crippen molar-refractivity contribution in [2.75, 3.05) is 0 Å². The largest absolute Gasteiger partial charge is 0.192 e. The van der Waals surface area contributed by atoms with Crippen molar-refractivity contribution in [3.63, 3.8) is 0 Å². The molecule has 0 saturated heterocycles. The lowest BCUT2D eigenvalue weighted by atomic mass is 9.86. The maximum absolute atomic E-state index is 9.50. The van der Waals surface area contributed by atoms with E-state index in [1.54, 1.807) is 0 Å². The lowest BCUT2D eigenvalue weighted by Gasteiger charge is -2.17. The third-order valence-corrected chi connectivity index (χ3v) is 4.46. The van der Waals surface area contributed by atoms with Crippen molar-refractivity contribution in [2.45, 2.75) is 27.7 Å². The predicted molar refractivity (Wildman–Crippen MR) is 83.2 cm³/mol. The van der Waals surface area contributed by atoms with Crippen molar-refractivity contribution in [2.24, 2.45) is 0 Å². The van der Waals surface area contributed by atoms with E-state index in [4.69, 9.17) is 0 Å². The van der Waals surface area contributed by atoms with Gasteiger partial charge in [-0.25, -0.2) is 0 Å². The van der Waals surface area contributed by atoms with Crippen molar-refractivity contribution >= 4 is 15.9 Å². The lowest BCUT2D eigenvalue weighted by molar-refractivity contribution is 1.20. The molecule has 0 saturated carbocycles. The second-order valence-electron chi connectivity index (χ2n) is 4.87. The fraction of sp³-hybridized carbons (Fsp3) is 0.235. The second-order valence-corrected chi connectivity index (χ2v) is 5.78. The quantitative estimate of drug-likeness (QED) is 0.708. The number of rotatable bonds is 1. The zero-order chi connectivity index (χ0) is 14.2. The maximum Gasteiger partial charge on any atom is 0.100 e. The number of nitrogens with zero attached hydrogens (tertiary/aromatic N) is 1. The Labute approximate surface area is 123 Å². The number of hydrogen-bond acceptors (Lipinski definition) is 1. The van der Waals surface area contributed by atoms with E-state index in [1.807, 2.05) is 19.1 Å². The van der Waals surface area contributed by atoms with Crippen LogP contribution < -0.4 is 0 Å². The minimum absolute atomic E-state index is 0.794. The molecule has 0 amide bonds. The van der Waals surface area contributed by atoms with Gasteiger partial charge in [-0.3, -0.25) is 0 Å². The molecule has 0 fully saturated rings. The van der Waals surface area contributed by atoms with Crippen molar-refractivity contribution in [1.29, 1.82) is 5.26 Å². The second kappa shape index (κ2) is 5.19. The first-order valence-corrected chi connectivity index (χ1v) is 7.03. The Morgan fingerprint density at radius 2 is 1.37 bits per heavy atom. The SMILES string of the molecule is Cc1c(C)c(C)c(-c2ccc(Br)cc2)c(C#N)c1C. The number of hydrogen-bond donors (Lipinski definition) is 0. The molecule has 2 aromatic carbocycles. The summed E-state index contributed by atoms with van der Waals surface area (Å²) in [4.78, 5) is 0. The molecule has 0 spiro atoms. The number of benzene rings is 2. The van der Waals surface area contributed by atoms with Crippen molar-refractivity contribution in [3.05, 3.63) is 56.6 Å². The molecule has 0 atom stereocenters. The molecule has 0 radical (unpaired) electrons. The highest BCUT2D eigenvalue weighted by molar-refractivity contribution is 9.10. The van der Waals surface area contributed by atoms with Crippen LogP contribution in [0.1, 0.15) is 27.8 Å². The zero-order valence-corrected chi connectivity index (χ0v) is 13.2. The minimum atomic E-state index is 0.794. The normalized spacial score (nSPS) is 10.3. The van der Waals surface area contributed by atoms with Gasteiger partial charge in [0.2, 0.25) is 0 Å². The van der Waals surface area contributed by atoms with Crippen LogP contribution in [-0.4, -0.2) is 0 Å². The summed E-state index contributed by atoms with van der Waals surface area (Å²) in [5.41, 5.74) is 7.73. The highest BCUT2D eigenvalue weighted by atomic mass is 79.9. The van der Waals surface area contributed by atoms with Gasteiger partial charge in [-0.15, -0.1) is 0 Å². The fourth-order valence-electron chi connectivity index (χ4n) is 2.43. The Morgan fingerprint density at radius 1 is 0.842 bits per heavy atom. The molecule has 0 unspecified atom stereocenters. The third kappa shape index (κ3) is 2.31. The first-order chi connectivity index (χ1) is 8.97. The van der Waals surface area contributed by atoms with Crippen molar-refractivity contribution in [3.8, 4) is 17.2 Å². The van der Waals surface area contributed by atoms with Crippen molar-refractivity contribution in [1.82, 2.24) is 0 Å². The minimum Gasteiger partial charge on any atom is -0.192 e. The molecule has 2 rings (SSSR count). The van der Waals surface area contributed by atoms with Crippen LogP contribution >= 0.6 is 15.9 Å². The van der Waals surface area contributed by atoms with E-state index in [1.165, 1.54) is 16.7 Å². The Kier molecular flexibility index (Phi) is 3.78. The number of nitriles is 1. The van der Waals surface area contributed by atoms with Crippen LogP contribution in [0.15, 0.2) is 28.7 Å². The van der Waals surface area contributed by atoms with E-state index >= 15 is 0 Å². The Bertz CT molecular complexity index is 676. The zero-order valence-electron chi connectivity index (χ0n) is 11.6. The van der Waals surface area contributed by atoms with Crippen molar-refractivity contribution < 1.29 is 0 Å². The molecule has 0 aliphatic carbocycles. The summed E-state index contributed by atoms with van der Waals surface area (Å²) < 4.78 is 1.05. The van der Waals surface area contributed by atoms with Gasteiger partial charge in [-0.2, -0.15) is 5.26 Å². The molecule has 0 aromatic heterocycles. The van der Waals surface area contributed by atoms with E-state index in [0.717, 1.165) is 26.7 Å². The Morgan fingerprint density at radius 3 is 1.89 bits per heavy atom. The third-order valence-electron chi connectivity index (χ3n) is 3.93. The first-order valence-electron chi connectivity index (χ1n) is 6.23. The molecular formula is C17H16BrN.